The monoisotopic (exact) mass is 353 g/mol. The van der Waals surface area contributed by atoms with Crippen molar-refractivity contribution >= 4 is 23.9 Å². The van der Waals surface area contributed by atoms with E-state index in [9.17, 15) is 14.4 Å². The standard InChI is InChI=1S/C18H17N4O4/c1-18(2,3)26-17(25)21-8-10(9-21)22-14-13(19-20-22)11-6-4-5-7-12(11)15(23)16(14)24/h4-8,10H,9H2,1-3H3/q+1. The fourth-order valence-corrected chi connectivity index (χ4v) is 3.01. The van der Waals surface area contributed by atoms with Gasteiger partial charge in [0, 0.05) is 11.1 Å². The van der Waals surface area contributed by atoms with Crippen LogP contribution in [-0.2, 0) is 4.74 Å². The molecule has 8 nitrogen and oxygen atoms in total. The van der Waals surface area contributed by atoms with Gasteiger partial charge >= 0.3 is 6.09 Å². The molecule has 1 aromatic carbocycles. The number of hydrogen-bond acceptors (Lipinski definition) is 6. The molecule has 0 N–H and O–H groups in total. The number of amides is 1. The molecule has 0 spiro atoms. The van der Waals surface area contributed by atoms with Crippen LogP contribution in [0.15, 0.2) is 24.3 Å². The van der Waals surface area contributed by atoms with Crippen molar-refractivity contribution in [2.45, 2.75) is 32.4 Å². The quantitative estimate of drug-likeness (QED) is 0.574. The molecular weight excluding hydrogens is 336 g/mol. The van der Waals surface area contributed by atoms with Gasteiger partial charge in [0.2, 0.25) is 5.78 Å². The van der Waals surface area contributed by atoms with E-state index in [-0.39, 0.29) is 11.7 Å². The van der Waals surface area contributed by atoms with E-state index in [0.717, 1.165) is 0 Å². The molecule has 0 saturated heterocycles. The first-order valence-corrected chi connectivity index (χ1v) is 8.24. The molecule has 2 heterocycles. The lowest BCUT2D eigenvalue weighted by atomic mass is 9.90. The SMILES string of the molecule is CC(C)(C)OC(=O)[N+]1=CC(n2nnc3c2C(=O)C(=O)c2ccccc2-3)C1. The molecule has 2 aromatic rings. The highest BCUT2D eigenvalue weighted by Crippen LogP contribution is 2.33. The van der Waals surface area contributed by atoms with E-state index in [0.29, 0.717) is 23.4 Å². The summed E-state index contributed by atoms with van der Waals surface area (Å²) in [6.45, 7) is 5.67. The van der Waals surface area contributed by atoms with Crippen LogP contribution in [0.1, 0.15) is 47.7 Å². The Labute approximate surface area is 149 Å². The lowest BCUT2D eigenvalue weighted by Gasteiger charge is -2.22. The number of fused-ring (bicyclic) bond motifs is 3. The summed E-state index contributed by atoms with van der Waals surface area (Å²) in [6, 6.07) is 6.51. The van der Waals surface area contributed by atoms with Crippen molar-refractivity contribution in [1.29, 1.82) is 0 Å². The molecule has 26 heavy (non-hydrogen) atoms. The van der Waals surface area contributed by atoms with Gasteiger partial charge in [-0.15, -0.1) is 9.67 Å². The number of nitrogens with zero attached hydrogens (tertiary/aromatic N) is 4. The third kappa shape index (κ3) is 2.45. The summed E-state index contributed by atoms with van der Waals surface area (Å²) < 4.78 is 8.11. The molecule has 1 aromatic heterocycles. The Kier molecular flexibility index (Phi) is 3.40. The summed E-state index contributed by atoms with van der Waals surface area (Å²) in [7, 11) is 0. The molecule has 1 aliphatic carbocycles. The highest BCUT2D eigenvalue weighted by Gasteiger charge is 2.43. The van der Waals surface area contributed by atoms with Crippen LogP contribution < -0.4 is 0 Å². The van der Waals surface area contributed by atoms with E-state index >= 15 is 0 Å². The Balaban J connectivity index is 1.67. The van der Waals surface area contributed by atoms with Gasteiger partial charge < -0.3 is 4.74 Å². The minimum absolute atomic E-state index is 0.166. The third-order valence-corrected chi connectivity index (χ3v) is 4.22. The zero-order valence-corrected chi connectivity index (χ0v) is 14.6. The molecule has 2 aliphatic rings. The number of carbonyl (C=O) groups excluding carboxylic acids is 3. The largest absolute Gasteiger partial charge is 0.596 e. The number of ether oxygens (including phenoxy) is 1. The van der Waals surface area contributed by atoms with E-state index in [4.69, 9.17) is 4.74 Å². The maximum absolute atomic E-state index is 12.5. The van der Waals surface area contributed by atoms with E-state index in [1.165, 1.54) is 9.26 Å². The van der Waals surface area contributed by atoms with Gasteiger partial charge in [0.1, 0.15) is 17.0 Å². The van der Waals surface area contributed by atoms with Crippen LogP contribution in [-0.4, -0.2) is 55.6 Å². The number of Topliss-reactive ketones (excluding diaryl/α,β-unsaturated/α-hetero) is 2. The first kappa shape index (κ1) is 16.3. The zero-order chi connectivity index (χ0) is 18.6. The van der Waals surface area contributed by atoms with E-state index in [2.05, 4.69) is 10.3 Å². The van der Waals surface area contributed by atoms with E-state index < -0.39 is 23.3 Å². The Morgan fingerprint density at radius 2 is 1.85 bits per heavy atom. The predicted molar refractivity (Wildman–Crippen MR) is 90.6 cm³/mol. The van der Waals surface area contributed by atoms with Gasteiger partial charge in [-0.2, -0.15) is 4.79 Å². The Hall–Kier alpha value is -3.16. The maximum atomic E-state index is 12.5. The number of hydrogen-bond donors (Lipinski definition) is 0. The second-order valence-corrected chi connectivity index (χ2v) is 7.28. The van der Waals surface area contributed by atoms with Crippen LogP contribution in [0.4, 0.5) is 4.79 Å². The molecule has 132 valence electrons. The zero-order valence-electron chi connectivity index (χ0n) is 14.6. The van der Waals surface area contributed by atoms with Crippen molar-refractivity contribution in [2.75, 3.05) is 6.54 Å². The first-order valence-electron chi connectivity index (χ1n) is 8.24. The topological polar surface area (TPSA) is 94.2 Å². The minimum atomic E-state index is -0.632. The van der Waals surface area contributed by atoms with Gasteiger partial charge in [-0.1, -0.05) is 29.5 Å². The molecule has 8 heteroatoms. The molecule has 0 fully saturated rings. The van der Waals surface area contributed by atoms with Crippen LogP contribution in [0.2, 0.25) is 0 Å². The predicted octanol–water partition coefficient (Wildman–Crippen LogP) is 1.90. The van der Waals surface area contributed by atoms with Gasteiger partial charge in [0.05, 0.1) is 0 Å². The summed E-state index contributed by atoms with van der Waals surface area (Å²) in [4.78, 5) is 36.9. The first-order chi connectivity index (χ1) is 12.3. The average Bonchev–Trinajstić information content (AvgIpc) is 2.94. The van der Waals surface area contributed by atoms with Crippen molar-refractivity contribution in [3.63, 3.8) is 0 Å². The van der Waals surface area contributed by atoms with Crippen molar-refractivity contribution in [3.05, 3.63) is 35.5 Å². The molecule has 1 unspecified atom stereocenters. The lowest BCUT2D eigenvalue weighted by molar-refractivity contribution is -0.479. The molecule has 1 aliphatic heterocycles. The molecular formula is C18H17N4O4+. The fraction of sp³-hybridized carbons (Fsp3) is 0.333. The van der Waals surface area contributed by atoms with E-state index in [1.54, 1.807) is 51.3 Å². The van der Waals surface area contributed by atoms with Crippen LogP contribution in [0, 0.1) is 0 Å². The number of carbonyl (C=O) groups is 3. The summed E-state index contributed by atoms with van der Waals surface area (Å²) in [5.41, 5.74) is 0.911. The summed E-state index contributed by atoms with van der Waals surface area (Å²) in [6.07, 6.45) is 1.15. The van der Waals surface area contributed by atoms with Crippen molar-refractivity contribution in [3.8, 4) is 11.3 Å². The van der Waals surface area contributed by atoms with Crippen LogP contribution in [0.25, 0.3) is 11.3 Å². The second-order valence-electron chi connectivity index (χ2n) is 7.28. The van der Waals surface area contributed by atoms with Crippen LogP contribution in [0.3, 0.4) is 0 Å². The van der Waals surface area contributed by atoms with Gasteiger partial charge in [0.15, 0.2) is 18.8 Å². The molecule has 1 amide bonds. The van der Waals surface area contributed by atoms with Gasteiger partial charge in [0.25, 0.3) is 5.78 Å². The summed E-state index contributed by atoms with van der Waals surface area (Å²) in [5, 5.41) is 8.16. The Morgan fingerprint density at radius 3 is 2.50 bits per heavy atom. The van der Waals surface area contributed by atoms with Gasteiger partial charge in [-0.05, 0) is 20.8 Å². The third-order valence-electron chi connectivity index (χ3n) is 4.22. The number of benzene rings is 1. The Morgan fingerprint density at radius 1 is 1.19 bits per heavy atom. The molecule has 0 saturated carbocycles. The van der Waals surface area contributed by atoms with Crippen LogP contribution >= 0.6 is 0 Å². The average molecular weight is 353 g/mol. The lowest BCUT2D eigenvalue weighted by Crippen LogP contribution is -2.44. The van der Waals surface area contributed by atoms with Gasteiger partial charge in [-0.25, -0.2) is 4.68 Å². The second kappa shape index (κ2) is 5.42. The minimum Gasteiger partial charge on any atom is -0.406 e. The number of rotatable bonds is 1. The number of ketones is 2. The van der Waals surface area contributed by atoms with Crippen molar-refractivity contribution in [2.24, 2.45) is 0 Å². The molecule has 1 atom stereocenters. The highest BCUT2D eigenvalue weighted by atomic mass is 16.6. The van der Waals surface area contributed by atoms with Crippen molar-refractivity contribution in [1.82, 2.24) is 15.0 Å². The van der Waals surface area contributed by atoms with Gasteiger partial charge in [-0.3, -0.25) is 9.59 Å². The van der Waals surface area contributed by atoms with Crippen LogP contribution in [0.5, 0.6) is 0 Å². The fourth-order valence-electron chi connectivity index (χ4n) is 3.01. The van der Waals surface area contributed by atoms with E-state index in [1.807, 2.05) is 0 Å². The summed E-state index contributed by atoms with van der Waals surface area (Å²) >= 11 is 0. The Bertz CT molecular complexity index is 997. The maximum Gasteiger partial charge on any atom is 0.596 e. The molecule has 0 bridgehead atoms. The number of aromatic nitrogens is 3. The highest BCUT2D eigenvalue weighted by molar-refractivity contribution is 6.52. The molecule has 4 rings (SSSR count). The smallest absolute Gasteiger partial charge is 0.406 e. The van der Waals surface area contributed by atoms with Crippen molar-refractivity contribution < 1.29 is 23.7 Å². The molecule has 0 radical (unpaired) electrons. The normalized spacial score (nSPS) is 18.6. The summed E-state index contributed by atoms with van der Waals surface area (Å²) in [5.74, 6) is -1.20.